The Kier molecular flexibility index (Phi) is 4.28. The molecule has 0 spiro atoms. The van der Waals surface area contributed by atoms with Gasteiger partial charge in [-0.25, -0.2) is 0 Å². The Morgan fingerprint density at radius 1 is 1.27 bits per heavy atom. The lowest BCUT2D eigenvalue weighted by molar-refractivity contribution is -0.322. The van der Waals surface area contributed by atoms with Crippen molar-refractivity contribution in [1.82, 2.24) is 0 Å². The highest BCUT2D eigenvalue weighted by Crippen LogP contribution is 2.31. The molecule has 1 saturated heterocycles. The van der Waals surface area contributed by atoms with Gasteiger partial charge < -0.3 is 24.1 Å². The summed E-state index contributed by atoms with van der Waals surface area (Å²) in [4.78, 5) is 36.6. The monoisotopic (exact) mass is 320 g/mol. The van der Waals surface area contributed by atoms with Gasteiger partial charge in [-0.05, 0) is 10.6 Å². The van der Waals surface area contributed by atoms with E-state index in [0.29, 0.717) is 0 Å². The molecule has 122 valence electrons. The van der Waals surface area contributed by atoms with Crippen molar-refractivity contribution < 1.29 is 42.5 Å². The van der Waals surface area contributed by atoms with Gasteiger partial charge in [-0.15, -0.1) is 0 Å². The summed E-state index contributed by atoms with van der Waals surface area (Å²) in [6.45, 7) is -3.10. The number of aliphatic hydroxyl groups is 1. The zero-order chi connectivity index (χ0) is 19.0. The van der Waals surface area contributed by atoms with Crippen LogP contribution in [-0.4, -0.2) is 53.8 Å². The zero-order valence-electron chi connectivity index (χ0n) is 14.2. The van der Waals surface area contributed by atoms with Crippen LogP contribution < -0.4 is 0 Å². The first kappa shape index (κ1) is 13.3. The average Bonchev–Trinajstić information content (AvgIpc) is 2.60. The summed E-state index contributed by atoms with van der Waals surface area (Å²) in [5.41, 5.74) is 8.55. The standard InChI is InChI=1S/C11H15N3O8/c1-5(15)20-8-4-19-11(18,13-14-12)10(22-7(3)17)9(8)21-6(2)16/h8-10,18H,4H2,1-3H3/t8-,9-,10+,11?/m1/s1/i1D,2D,3D. The van der Waals surface area contributed by atoms with Crippen LogP contribution in [0.3, 0.4) is 0 Å². The molecule has 1 fully saturated rings. The summed E-state index contributed by atoms with van der Waals surface area (Å²) >= 11 is 0. The fourth-order valence-corrected chi connectivity index (χ4v) is 1.79. The SMILES string of the molecule is [2H]CC(=O)O[C@@H]1[C@H](OC(=O)C[2H])COC(O)(N=[N+]=[N-])[C@H]1OC(=O)C[2H]. The van der Waals surface area contributed by atoms with Crippen molar-refractivity contribution in [2.24, 2.45) is 5.11 Å². The van der Waals surface area contributed by atoms with E-state index in [-0.39, 0.29) is 0 Å². The van der Waals surface area contributed by atoms with Crippen LogP contribution in [0.1, 0.15) is 24.8 Å². The Morgan fingerprint density at radius 3 is 2.45 bits per heavy atom. The van der Waals surface area contributed by atoms with Crippen molar-refractivity contribution in [2.45, 2.75) is 44.9 Å². The van der Waals surface area contributed by atoms with Gasteiger partial charge in [-0.1, -0.05) is 0 Å². The smallest absolute Gasteiger partial charge is 0.303 e. The molecule has 4 atom stereocenters. The third-order valence-corrected chi connectivity index (χ3v) is 2.49. The summed E-state index contributed by atoms with van der Waals surface area (Å²) < 4.78 is 40.2. The minimum atomic E-state index is -2.80. The zero-order valence-corrected chi connectivity index (χ0v) is 11.2. The number of ether oxygens (including phenoxy) is 4. The number of hydrogen-bond acceptors (Lipinski definition) is 9. The van der Waals surface area contributed by atoms with Gasteiger partial charge in [0.1, 0.15) is 0 Å². The highest BCUT2D eigenvalue weighted by molar-refractivity contribution is 5.68. The summed E-state index contributed by atoms with van der Waals surface area (Å²) in [6.07, 6.45) is -5.06. The lowest BCUT2D eigenvalue weighted by Crippen LogP contribution is -2.63. The second kappa shape index (κ2) is 7.07. The van der Waals surface area contributed by atoms with Gasteiger partial charge in [0.05, 0.1) is 6.61 Å². The Labute approximate surface area is 128 Å². The molecule has 0 aromatic rings. The molecular formula is C11H15N3O8. The van der Waals surface area contributed by atoms with Crippen molar-refractivity contribution in [1.29, 1.82) is 0 Å². The van der Waals surface area contributed by atoms with E-state index in [1.54, 1.807) is 0 Å². The van der Waals surface area contributed by atoms with Crippen molar-refractivity contribution in [3.8, 4) is 0 Å². The molecular weight excluding hydrogens is 302 g/mol. The Bertz CT molecular complexity index is 573. The van der Waals surface area contributed by atoms with Crippen LogP contribution in [-0.2, 0) is 33.3 Å². The minimum Gasteiger partial charge on any atom is -0.456 e. The predicted molar refractivity (Wildman–Crippen MR) is 66.7 cm³/mol. The summed E-state index contributed by atoms with van der Waals surface area (Å²) in [5.74, 6) is -6.12. The number of hydrogen-bond donors (Lipinski definition) is 1. The fraction of sp³-hybridized carbons (Fsp3) is 0.727. The van der Waals surface area contributed by atoms with Crippen LogP contribution in [0.2, 0.25) is 0 Å². The molecule has 1 aliphatic rings. The first-order valence-electron chi connectivity index (χ1n) is 7.82. The molecule has 1 N–H and O–H groups in total. The maximum atomic E-state index is 11.5. The van der Waals surface area contributed by atoms with E-state index in [1.165, 1.54) is 0 Å². The van der Waals surface area contributed by atoms with Crippen LogP contribution >= 0.6 is 0 Å². The van der Waals surface area contributed by atoms with Gasteiger partial charge in [0.2, 0.25) is 6.10 Å². The van der Waals surface area contributed by atoms with E-state index >= 15 is 0 Å². The van der Waals surface area contributed by atoms with E-state index in [0.717, 1.165) is 0 Å². The highest BCUT2D eigenvalue weighted by atomic mass is 16.7. The van der Waals surface area contributed by atoms with Gasteiger partial charge in [0.15, 0.2) is 12.2 Å². The molecule has 11 nitrogen and oxygen atoms in total. The second-order valence-corrected chi connectivity index (χ2v) is 4.05. The van der Waals surface area contributed by atoms with Crippen molar-refractivity contribution in [3.05, 3.63) is 10.4 Å². The topological polar surface area (TPSA) is 157 Å². The molecule has 0 aliphatic carbocycles. The maximum absolute atomic E-state index is 11.5. The van der Waals surface area contributed by atoms with Gasteiger partial charge >= 0.3 is 17.9 Å². The summed E-state index contributed by atoms with van der Waals surface area (Å²) in [7, 11) is 0. The molecule has 0 saturated carbocycles. The van der Waals surface area contributed by atoms with Crippen molar-refractivity contribution in [3.63, 3.8) is 0 Å². The van der Waals surface area contributed by atoms with Crippen LogP contribution in [0, 0.1) is 0 Å². The number of nitrogens with zero attached hydrogens (tertiary/aromatic N) is 3. The maximum Gasteiger partial charge on any atom is 0.303 e. The molecule has 11 heteroatoms. The third-order valence-electron chi connectivity index (χ3n) is 2.49. The normalized spacial score (nSPS) is 32.4. The number of carbonyl (C=O) groups excluding carboxylic acids is 3. The number of rotatable bonds is 4. The molecule has 0 bridgehead atoms. The molecule has 0 aromatic carbocycles. The fourth-order valence-electron chi connectivity index (χ4n) is 1.79. The Balaban J connectivity index is 3.23. The highest BCUT2D eigenvalue weighted by Gasteiger charge is 2.55. The van der Waals surface area contributed by atoms with Gasteiger partial charge in [0, 0.05) is 29.7 Å². The first-order chi connectivity index (χ1) is 11.8. The minimum absolute atomic E-state index is 0.619. The molecule has 1 heterocycles. The molecule has 0 aromatic heterocycles. The van der Waals surface area contributed by atoms with Crippen molar-refractivity contribution in [2.75, 3.05) is 6.61 Å². The van der Waals surface area contributed by atoms with E-state index in [2.05, 4.69) is 10.0 Å². The quantitative estimate of drug-likeness (QED) is 0.244. The second-order valence-electron chi connectivity index (χ2n) is 4.05. The first-order valence-corrected chi connectivity index (χ1v) is 5.70. The number of esters is 3. The molecule has 0 radical (unpaired) electrons. The van der Waals surface area contributed by atoms with E-state index < -0.39 is 69.4 Å². The van der Waals surface area contributed by atoms with Gasteiger partial charge in [0.25, 0.3) is 5.91 Å². The molecule has 22 heavy (non-hydrogen) atoms. The average molecular weight is 320 g/mol. The molecule has 1 aliphatic heterocycles. The Hall–Kier alpha value is -2.36. The van der Waals surface area contributed by atoms with E-state index in [1.807, 2.05) is 0 Å². The third kappa shape index (κ3) is 4.32. The van der Waals surface area contributed by atoms with Gasteiger partial charge in [-0.2, -0.15) is 0 Å². The predicted octanol–water partition coefficient (Wildman–Crippen LogP) is -0.232. The largest absolute Gasteiger partial charge is 0.456 e. The van der Waals surface area contributed by atoms with Gasteiger partial charge in [-0.3, -0.25) is 14.4 Å². The lowest BCUT2D eigenvalue weighted by atomic mass is 10.0. The summed E-state index contributed by atoms with van der Waals surface area (Å²) in [5, 5.41) is 13.2. The molecule has 1 rings (SSSR count). The van der Waals surface area contributed by atoms with Crippen LogP contribution in [0.25, 0.3) is 10.4 Å². The van der Waals surface area contributed by atoms with Crippen LogP contribution in [0.15, 0.2) is 5.11 Å². The lowest BCUT2D eigenvalue weighted by Gasteiger charge is -2.42. The molecule has 0 amide bonds. The number of carbonyl (C=O) groups is 3. The Morgan fingerprint density at radius 2 is 1.86 bits per heavy atom. The van der Waals surface area contributed by atoms with Crippen LogP contribution in [0.5, 0.6) is 0 Å². The molecule has 1 unspecified atom stereocenters. The van der Waals surface area contributed by atoms with E-state index in [4.69, 9.17) is 28.6 Å². The van der Waals surface area contributed by atoms with Crippen molar-refractivity contribution >= 4 is 17.9 Å². The van der Waals surface area contributed by atoms with E-state index in [9.17, 15) is 19.5 Å². The number of azide groups is 1. The summed E-state index contributed by atoms with van der Waals surface area (Å²) in [6, 6.07) is 0. The van der Waals surface area contributed by atoms with Crippen LogP contribution in [0.4, 0.5) is 0 Å².